The normalized spacial score (nSPS) is 16.6. The van der Waals surface area contributed by atoms with Crippen LogP contribution in [0.25, 0.3) is 0 Å². The molecule has 0 aliphatic carbocycles. The van der Waals surface area contributed by atoms with E-state index in [4.69, 9.17) is 4.74 Å². The Bertz CT molecular complexity index is 846. The third-order valence-corrected chi connectivity index (χ3v) is 6.42. The summed E-state index contributed by atoms with van der Waals surface area (Å²) in [5.41, 5.74) is 2.40. The minimum atomic E-state index is -0.162. The van der Waals surface area contributed by atoms with Gasteiger partial charge in [0.15, 0.2) is 4.34 Å². The van der Waals surface area contributed by atoms with Gasteiger partial charge in [-0.05, 0) is 39.2 Å². The maximum atomic E-state index is 12.4. The summed E-state index contributed by atoms with van der Waals surface area (Å²) in [6, 6.07) is 2.23. The lowest BCUT2D eigenvalue weighted by molar-refractivity contribution is -0.113. The molecule has 1 amide bonds. The van der Waals surface area contributed by atoms with Crippen molar-refractivity contribution in [1.82, 2.24) is 14.8 Å². The maximum absolute atomic E-state index is 12.4. The second kappa shape index (κ2) is 8.20. The predicted octanol–water partition coefficient (Wildman–Crippen LogP) is 3.05. The van der Waals surface area contributed by atoms with Gasteiger partial charge in [-0.15, -0.1) is 10.2 Å². The standard InChI is InChI=1S/C17H21N5O2S2/c1-10-11(2)22(8-13-5-4-6-24-13)16(14(10)7-18)19-15(23)9-25-17-21-20-12(3)26-17/h13H,4-6,8-9H2,1-3H3,(H,19,23)/t13-/m1/s1. The molecule has 9 heteroatoms. The Morgan fingerprint density at radius 1 is 1.46 bits per heavy atom. The van der Waals surface area contributed by atoms with E-state index in [-0.39, 0.29) is 17.8 Å². The molecule has 1 aliphatic heterocycles. The fraction of sp³-hybridized carbons (Fsp3) is 0.529. The van der Waals surface area contributed by atoms with Crippen LogP contribution >= 0.6 is 23.1 Å². The van der Waals surface area contributed by atoms with Gasteiger partial charge >= 0.3 is 0 Å². The van der Waals surface area contributed by atoms with E-state index in [9.17, 15) is 10.1 Å². The molecule has 3 rings (SSSR count). The molecule has 0 saturated carbocycles. The predicted molar refractivity (Wildman–Crippen MR) is 102 cm³/mol. The van der Waals surface area contributed by atoms with Crippen LogP contribution in [0.4, 0.5) is 5.82 Å². The van der Waals surface area contributed by atoms with E-state index in [1.807, 2.05) is 25.3 Å². The molecule has 0 aromatic carbocycles. The number of nitrogens with zero attached hydrogens (tertiary/aromatic N) is 4. The first-order chi connectivity index (χ1) is 12.5. The van der Waals surface area contributed by atoms with Crippen LogP contribution in [0.3, 0.4) is 0 Å². The summed E-state index contributed by atoms with van der Waals surface area (Å²) >= 11 is 2.81. The number of nitriles is 1. The monoisotopic (exact) mass is 391 g/mol. The molecule has 1 saturated heterocycles. The number of hydrogen-bond donors (Lipinski definition) is 1. The van der Waals surface area contributed by atoms with Gasteiger partial charge in [-0.25, -0.2) is 0 Å². The molecule has 26 heavy (non-hydrogen) atoms. The Morgan fingerprint density at radius 2 is 2.27 bits per heavy atom. The van der Waals surface area contributed by atoms with Crippen LogP contribution in [0.2, 0.25) is 0 Å². The molecular formula is C17H21N5O2S2. The van der Waals surface area contributed by atoms with Gasteiger partial charge in [0.05, 0.1) is 24.0 Å². The van der Waals surface area contributed by atoms with Gasteiger partial charge in [-0.3, -0.25) is 4.79 Å². The van der Waals surface area contributed by atoms with Crippen molar-refractivity contribution in [3.63, 3.8) is 0 Å². The molecule has 138 valence electrons. The van der Waals surface area contributed by atoms with Crippen LogP contribution in [0.1, 0.15) is 34.7 Å². The van der Waals surface area contributed by atoms with E-state index in [0.717, 1.165) is 40.1 Å². The van der Waals surface area contributed by atoms with Gasteiger partial charge in [0.2, 0.25) is 5.91 Å². The minimum absolute atomic E-state index is 0.126. The Labute approximate surface area is 160 Å². The maximum Gasteiger partial charge on any atom is 0.235 e. The molecule has 0 unspecified atom stereocenters. The topological polar surface area (TPSA) is 92.8 Å². The number of aryl methyl sites for hydroxylation is 1. The number of amides is 1. The third-order valence-electron chi connectivity index (χ3n) is 4.44. The van der Waals surface area contributed by atoms with Crippen LogP contribution in [0, 0.1) is 32.1 Å². The first kappa shape index (κ1) is 18.9. The van der Waals surface area contributed by atoms with E-state index < -0.39 is 0 Å². The summed E-state index contributed by atoms with van der Waals surface area (Å²) in [4.78, 5) is 12.4. The van der Waals surface area contributed by atoms with Crippen molar-refractivity contribution in [1.29, 1.82) is 5.26 Å². The van der Waals surface area contributed by atoms with Gasteiger partial charge < -0.3 is 14.6 Å². The van der Waals surface area contributed by atoms with Crippen molar-refractivity contribution in [2.24, 2.45) is 0 Å². The van der Waals surface area contributed by atoms with Gasteiger partial charge in [0.1, 0.15) is 16.9 Å². The number of hydrogen-bond acceptors (Lipinski definition) is 7. The Balaban J connectivity index is 1.75. The number of carbonyl (C=O) groups is 1. The highest BCUT2D eigenvalue weighted by Gasteiger charge is 2.24. The van der Waals surface area contributed by atoms with Gasteiger partial charge in [-0.1, -0.05) is 23.1 Å². The van der Waals surface area contributed by atoms with Gasteiger partial charge in [0, 0.05) is 12.3 Å². The van der Waals surface area contributed by atoms with Crippen molar-refractivity contribution in [2.75, 3.05) is 17.7 Å². The van der Waals surface area contributed by atoms with E-state index in [0.29, 0.717) is 17.9 Å². The third kappa shape index (κ3) is 4.09. The first-order valence-corrected chi connectivity index (χ1v) is 10.2. The van der Waals surface area contributed by atoms with Gasteiger partial charge in [-0.2, -0.15) is 5.26 Å². The van der Waals surface area contributed by atoms with E-state index >= 15 is 0 Å². The van der Waals surface area contributed by atoms with Crippen LogP contribution in [0.15, 0.2) is 4.34 Å². The van der Waals surface area contributed by atoms with E-state index in [1.54, 1.807) is 0 Å². The van der Waals surface area contributed by atoms with Crippen molar-refractivity contribution in [3.05, 3.63) is 21.8 Å². The zero-order valence-electron chi connectivity index (χ0n) is 15.0. The molecule has 0 radical (unpaired) electrons. The van der Waals surface area contributed by atoms with Gasteiger partial charge in [0.25, 0.3) is 0 Å². The number of carbonyl (C=O) groups excluding carboxylic acids is 1. The Hall–Kier alpha value is -1.89. The summed E-state index contributed by atoms with van der Waals surface area (Å²) in [7, 11) is 0. The number of aromatic nitrogens is 3. The van der Waals surface area contributed by atoms with Crippen LogP contribution in [-0.2, 0) is 16.1 Å². The Morgan fingerprint density at radius 3 is 2.88 bits per heavy atom. The smallest absolute Gasteiger partial charge is 0.235 e. The molecule has 0 spiro atoms. The lowest BCUT2D eigenvalue weighted by Gasteiger charge is -2.16. The van der Waals surface area contributed by atoms with E-state index in [2.05, 4.69) is 21.6 Å². The molecule has 2 aromatic rings. The molecule has 2 aromatic heterocycles. The minimum Gasteiger partial charge on any atom is -0.376 e. The van der Waals surface area contributed by atoms with Crippen molar-refractivity contribution < 1.29 is 9.53 Å². The second-order valence-corrected chi connectivity index (χ2v) is 8.62. The summed E-state index contributed by atoms with van der Waals surface area (Å²) in [5, 5.41) is 21.3. The van der Waals surface area contributed by atoms with Crippen molar-refractivity contribution in [3.8, 4) is 6.07 Å². The highest BCUT2D eigenvalue weighted by molar-refractivity contribution is 8.01. The average molecular weight is 392 g/mol. The molecule has 1 aliphatic rings. The number of thioether (sulfide) groups is 1. The van der Waals surface area contributed by atoms with Crippen molar-refractivity contribution >= 4 is 34.8 Å². The number of anilines is 1. The average Bonchev–Trinajstić information content (AvgIpc) is 3.32. The summed E-state index contributed by atoms with van der Waals surface area (Å²) in [6.45, 7) is 7.18. The highest BCUT2D eigenvalue weighted by atomic mass is 32.2. The lowest BCUT2D eigenvalue weighted by atomic mass is 10.2. The molecule has 1 atom stereocenters. The fourth-order valence-electron chi connectivity index (χ4n) is 2.98. The zero-order valence-corrected chi connectivity index (χ0v) is 16.7. The van der Waals surface area contributed by atoms with Crippen LogP contribution < -0.4 is 5.32 Å². The molecule has 7 nitrogen and oxygen atoms in total. The number of nitrogens with one attached hydrogen (secondary N) is 1. The number of ether oxygens (including phenoxy) is 1. The quantitative estimate of drug-likeness (QED) is 0.761. The van der Waals surface area contributed by atoms with Crippen LogP contribution in [-0.4, -0.2) is 39.1 Å². The summed E-state index contributed by atoms with van der Waals surface area (Å²) in [5.74, 6) is 0.630. The zero-order chi connectivity index (χ0) is 18.7. The molecule has 0 bridgehead atoms. The summed E-state index contributed by atoms with van der Waals surface area (Å²) in [6.07, 6.45) is 2.17. The lowest BCUT2D eigenvalue weighted by Crippen LogP contribution is -2.22. The first-order valence-electron chi connectivity index (χ1n) is 8.43. The SMILES string of the molecule is Cc1nnc(SCC(=O)Nc2c(C#N)c(C)c(C)n2C[C@H]2CCCO2)s1. The number of rotatable bonds is 6. The highest BCUT2D eigenvalue weighted by Crippen LogP contribution is 2.29. The van der Waals surface area contributed by atoms with E-state index in [1.165, 1.54) is 23.1 Å². The molecule has 3 heterocycles. The fourth-order valence-corrected chi connectivity index (χ4v) is 4.60. The molecular weight excluding hydrogens is 370 g/mol. The molecule has 1 N–H and O–H groups in total. The van der Waals surface area contributed by atoms with Crippen LogP contribution in [0.5, 0.6) is 0 Å². The van der Waals surface area contributed by atoms with Crippen molar-refractivity contribution in [2.45, 2.75) is 50.6 Å². The largest absolute Gasteiger partial charge is 0.376 e. The molecule has 1 fully saturated rings. The Kier molecular flexibility index (Phi) is 5.96. The second-order valence-electron chi connectivity index (χ2n) is 6.22. The summed E-state index contributed by atoms with van der Waals surface area (Å²) < 4.78 is 8.49.